The molecule has 1 atom stereocenters. The summed E-state index contributed by atoms with van der Waals surface area (Å²) in [5, 5.41) is 2.88. The second-order valence-electron chi connectivity index (χ2n) is 6.54. The van der Waals surface area contributed by atoms with E-state index in [0.29, 0.717) is 18.7 Å². The monoisotopic (exact) mass is 350 g/mol. The molecule has 138 valence electrons. The lowest BCUT2D eigenvalue weighted by molar-refractivity contribution is -0.131. The van der Waals surface area contributed by atoms with Gasteiger partial charge in [-0.1, -0.05) is 18.9 Å². The third-order valence-corrected chi connectivity index (χ3v) is 4.56. The molecule has 0 radical (unpaired) electrons. The Kier molecular flexibility index (Phi) is 7.85. The molecule has 6 heteroatoms. The molecule has 1 amide bonds. The van der Waals surface area contributed by atoms with Crippen LogP contribution in [-0.4, -0.2) is 30.9 Å². The quantitative estimate of drug-likeness (QED) is 0.636. The molecular formula is C19H27FN2O3. The molecule has 0 heterocycles. The standard InChI is InChI=1S/C19H27FN2O3/c20-15-8-5-9-16(12-15)25-13-18(23)17(10-3-4-11-21)22-19(24)14-6-1-2-7-14/h5,8-9,12,14,17H,1-4,6-7,10-11,13,21H2,(H,22,24)/t17-/m0/s1. The van der Waals surface area contributed by atoms with Gasteiger partial charge in [0.15, 0.2) is 5.78 Å². The lowest BCUT2D eigenvalue weighted by Gasteiger charge is -2.20. The normalized spacial score (nSPS) is 15.8. The molecule has 5 nitrogen and oxygen atoms in total. The average molecular weight is 350 g/mol. The minimum Gasteiger partial charge on any atom is -0.486 e. The van der Waals surface area contributed by atoms with Crippen LogP contribution in [0, 0.1) is 11.7 Å². The molecule has 1 saturated carbocycles. The number of Topliss-reactive ketones (excluding diaryl/α,β-unsaturated/α-hetero) is 1. The van der Waals surface area contributed by atoms with Crippen LogP contribution in [0.1, 0.15) is 44.9 Å². The highest BCUT2D eigenvalue weighted by atomic mass is 19.1. The number of carbonyl (C=O) groups excluding carboxylic acids is 2. The number of amides is 1. The van der Waals surface area contributed by atoms with E-state index in [1.54, 1.807) is 6.07 Å². The van der Waals surface area contributed by atoms with Crippen LogP contribution in [0.4, 0.5) is 4.39 Å². The van der Waals surface area contributed by atoms with Gasteiger partial charge in [0, 0.05) is 12.0 Å². The average Bonchev–Trinajstić information content (AvgIpc) is 3.13. The maximum absolute atomic E-state index is 13.2. The van der Waals surface area contributed by atoms with Crippen LogP contribution in [0.3, 0.4) is 0 Å². The van der Waals surface area contributed by atoms with Crippen molar-refractivity contribution in [3.63, 3.8) is 0 Å². The Hall–Kier alpha value is -1.95. The van der Waals surface area contributed by atoms with Crippen molar-refractivity contribution in [2.75, 3.05) is 13.2 Å². The predicted molar refractivity (Wildman–Crippen MR) is 93.7 cm³/mol. The fourth-order valence-electron chi connectivity index (χ4n) is 3.10. The Bertz CT molecular complexity index is 574. The van der Waals surface area contributed by atoms with Gasteiger partial charge in [0.05, 0.1) is 6.04 Å². The number of halogens is 1. The Morgan fingerprint density at radius 3 is 2.72 bits per heavy atom. The number of ether oxygens (including phenoxy) is 1. The first kappa shape index (κ1) is 19.4. The van der Waals surface area contributed by atoms with E-state index in [2.05, 4.69) is 5.32 Å². The summed E-state index contributed by atoms with van der Waals surface area (Å²) < 4.78 is 18.5. The topological polar surface area (TPSA) is 81.4 Å². The second-order valence-corrected chi connectivity index (χ2v) is 6.54. The molecule has 0 bridgehead atoms. The molecule has 1 fully saturated rings. The maximum Gasteiger partial charge on any atom is 0.223 e. The minimum atomic E-state index is -0.576. The number of nitrogens with two attached hydrogens (primary N) is 1. The molecule has 25 heavy (non-hydrogen) atoms. The van der Waals surface area contributed by atoms with Gasteiger partial charge < -0.3 is 15.8 Å². The van der Waals surface area contributed by atoms with Crippen LogP contribution in [0.2, 0.25) is 0 Å². The van der Waals surface area contributed by atoms with Crippen molar-refractivity contribution in [2.24, 2.45) is 11.7 Å². The number of benzene rings is 1. The highest BCUT2D eigenvalue weighted by Gasteiger charge is 2.27. The fourth-order valence-corrected chi connectivity index (χ4v) is 3.10. The number of nitrogens with one attached hydrogen (secondary N) is 1. The van der Waals surface area contributed by atoms with E-state index in [1.165, 1.54) is 18.2 Å². The van der Waals surface area contributed by atoms with Gasteiger partial charge in [-0.2, -0.15) is 0 Å². The Labute approximate surface area is 148 Å². The summed E-state index contributed by atoms with van der Waals surface area (Å²) in [6, 6.07) is 5.08. The number of hydrogen-bond acceptors (Lipinski definition) is 4. The third-order valence-electron chi connectivity index (χ3n) is 4.56. The van der Waals surface area contributed by atoms with Gasteiger partial charge in [0.1, 0.15) is 18.2 Å². The highest BCUT2D eigenvalue weighted by molar-refractivity contribution is 5.90. The van der Waals surface area contributed by atoms with E-state index < -0.39 is 11.9 Å². The summed E-state index contributed by atoms with van der Waals surface area (Å²) in [4.78, 5) is 24.8. The van der Waals surface area contributed by atoms with Crippen LogP contribution in [0.25, 0.3) is 0 Å². The number of carbonyl (C=O) groups is 2. The van der Waals surface area contributed by atoms with Gasteiger partial charge >= 0.3 is 0 Å². The van der Waals surface area contributed by atoms with Gasteiger partial charge in [-0.3, -0.25) is 9.59 Å². The highest BCUT2D eigenvalue weighted by Crippen LogP contribution is 2.25. The van der Waals surface area contributed by atoms with Gasteiger partial charge in [-0.15, -0.1) is 0 Å². The summed E-state index contributed by atoms with van der Waals surface area (Å²) in [6.45, 7) is 0.360. The molecule has 2 rings (SSSR count). The molecule has 1 aliphatic carbocycles. The number of rotatable bonds is 10. The second kappa shape index (κ2) is 10.1. The van der Waals surface area contributed by atoms with Crippen LogP contribution < -0.4 is 15.8 Å². The first-order chi connectivity index (χ1) is 12.1. The van der Waals surface area contributed by atoms with E-state index in [4.69, 9.17) is 10.5 Å². The number of ketones is 1. The molecule has 1 aromatic rings. The van der Waals surface area contributed by atoms with Crippen molar-refractivity contribution in [1.82, 2.24) is 5.32 Å². The molecule has 0 saturated heterocycles. The molecule has 3 N–H and O–H groups in total. The molecule has 1 aromatic carbocycles. The summed E-state index contributed by atoms with van der Waals surface area (Å²) in [5.41, 5.74) is 5.51. The largest absolute Gasteiger partial charge is 0.486 e. The molecular weight excluding hydrogens is 323 g/mol. The van der Waals surface area contributed by atoms with Gasteiger partial charge in [-0.25, -0.2) is 4.39 Å². The van der Waals surface area contributed by atoms with E-state index in [9.17, 15) is 14.0 Å². The van der Waals surface area contributed by atoms with Crippen molar-refractivity contribution in [1.29, 1.82) is 0 Å². The zero-order valence-electron chi connectivity index (χ0n) is 14.5. The fraction of sp³-hybridized carbons (Fsp3) is 0.579. The molecule has 1 aliphatic rings. The molecule has 0 unspecified atom stereocenters. The van der Waals surface area contributed by atoms with Crippen LogP contribution in [-0.2, 0) is 9.59 Å². The Morgan fingerprint density at radius 2 is 2.04 bits per heavy atom. The van der Waals surface area contributed by atoms with Crippen LogP contribution in [0.15, 0.2) is 24.3 Å². The van der Waals surface area contributed by atoms with Crippen molar-refractivity contribution < 1.29 is 18.7 Å². The smallest absolute Gasteiger partial charge is 0.223 e. The van der Waals surface area contributed by atoms with E-state index >= 15 is 0 Å². The summed E-state index contributed by atoms with van der Waals surface area (Å²) in [7, 11) is 0. The molecule has 0 aromatic heterocycles. The number of hydrogen-bond donors (Lipinski definition) is 2. The summed E-state index contributed by atoms with van der Waals surface area (Å²) in [5.74, 6) is -0.355. The summed E-state index contributed by atoms with van der Waals surface area (Å²) >= 11 is 0. The number of unbranched alkanes of at least 4 members (excludes halogenated alkanes) is 1. The van der Waals surface area contributed by atoms with Gasteiger partial charge in [0.2, 0.25) is 5.91 Å². The minimum absolute atomic E-state index is 0.00828. The molecule has 0 spiro atoms. The van der Waals surface area contributed by atoms with E-state index in [-0.39, 0.29) is 24.2 Å². The van der Waals surface area contributed by atoms with E-state index in [0.717, 1.165) is 38.5 Å². The molecule has 0 aliphatic heterocycles. The van der Waals surface area contributed by atoms with Crippen LogP contribution >= 0.6 is 0 Å². The van der Waals surface area contributed by atoms with E-state index in [1.807, 2.05) is 0 Å². The van der Waals surface area contributed by atoms with Crippen molar-refractivity contribution in [3.8, 4) is 5.75 Å². The third kappa shape index (κ3) is 6.46. The first-order valence-electron chi connectivity index (χ1n) is 9.01. The van der Waals surface area contributed by atoms with Crippen molar-refractivity contribution >= 4 is 11.7 Å². The lowest BCUT2D eigenvalue weighted by Crippen LogP contribution is -2.45. The zero-order valence-corrected chi connectivity index (χ0v) is 14.5. The van der Waals surface area contributed by atoms with Gasteiger partial charge in [-0.05, 0) is 50.8 Å². The van der Waals surface area contributed by atoms with Crippen molar-refractivity contribution in [2.45, 2.75) is 51.0 Å². The van der Waals surface area contributed by atoms with Gasteiger partial charge in [0.25, 0.3) is 0 Å². The maximum atomic E-state index is 13.2. The summed E-state index contributed by atoms with van der Waals surface area (Å²) in [6.07, 6.45) is 6.00. The van der Waals surface area contributed by atoms with Crippen molar-refractivity contribution in [3.05, 3.63) is 30.1 Å². The Balaban J connectivity index is 1.90. The Morgan fingerprint density at radius 1 is 1.28 bits per heavy atom. The predicted octanol–water partition coefficient (Wildman–Crippen LogP) is 2.58. The van der Waals surface area contributed by atoms with Crippen LogP contribution in [0.5, 0.6) is 5.75 Å². The SMILES string of the molecule is NCCCC[C@H](NC(=O)C1CCCC1)C(=O)COc1cccc(F)c1. The lowest BCUT2D eigenvalue weighted by atomic mass is 10.0. The first-order valence-corrected chi connectivity index (χ1v) is 9.01. The zero-order chi connectivity index (χ0) is 18.1.